The van der Waals surface area contributed by atoms with Crippen molar-refractivity contribution in [2.24, 2.45) is 0 Å². The number of hydrogen-bond acceptors (Lipinski definition) is 3. The minimum Gasteiger partial charge on any atom is -0.311 e. The van der Waals surface area contributed by atoms with E-state index in [1.807, 2.05) is 61.9 Å². The van der Waals surface area contributed by atoms with Crippen molar-refractivity contribution in [3.8, 4) is 5.69 Å². The summed E-state index contributed by atoms with van der Waals surface area (Å²) in [5.74, 6) is 0.575. The minimum absolute atomic E-state index is 0.0271. The molecule has 3 aromatic rings. The van der Waals surface area contributed by atoms with Crippen LogP contribution in [-0.2, 0) is 11.2 Å². The number of rotatable bonds is 5. The van der Waals surface area contributed by atoms with Gasteiger partial charge in [0.25, 0.3) is 0 Å². The van der Waals surface area contributed by atoms with E-state index in [2.05, 4.69) is 21.5 Å². The summed E-state index contributed by atoms with van der Waals surface area (Å²) in [5.41, 5.74) is 5.34. The first-order valence-electron chi connectivity index (χ1n) is 8.36. The molecule has 0 atom stereocenters. The van der Waals surface area contributed by atoms with E-state index in [0.717, 1.165) is 28.2 Å². The smallest absolute Gasteiger partial charge is 0.225 e. The topological polar surface area (TPSA) is 59.8 Å². The van der Waals surface area contributed by atoms with Crippen LogP contribution in [0.4, 0.5) is 5.82 Å². The number of pyridine rings is 1. The van der Waals surface area contributed by atoms with Gasteiger partial charge in [-0.15, -0.1) is 0 Å². The van der Waals surface area contributed by atoms with Crippen LogP contribution in [0.25, 0.3) is 5.69 Å². The molecule has 5 heteroatoms. The van der Waals surface area contributed by atoms with Crippen molar-refractivity contribution in [1.82, 2.24) is 14.8 Å². The quantitative estimate of drug-likeness (QED) is 0.773. The average molecular weight is 334 g/mol. The lowest BCUT2D eigenvalue weighted by Crippen LogP contribution is -2.13. The second kappa shape index (κ2) is 7.30. The maximum Gasteiger partial charge on any atom is 0.225 e. The highest BCUT2D eigenvalue weighted by Gasteiger charge is 2.06. The van der Waals surface area contributed by atoms with E-state index in [1.165, 1.54) is 0 Å². The summed E-state index contributed by atoms with van der Waals surface area (Å²) in [6.45, 7) is 6.00. The zero-order valence-electron chi connectivity index (χ0n) is 14.8. The summed E-state index contributed by atoms with van der Waals surface area (Å²) in [7, 11) is 0. The lowest BCUT2D eigenvalue weighted by molar-refractivity contribution is -0.116. The van der Waals surface area contributed by atoms with Crippen molar-refractivity contribution in [2.45, 2.75) is 33.6 Å². The van der Waals surface area contributed by atoms with Crippen LogP contribution in [0.3, 0.4) is 0 Å². The predicted molar refractivity (Wildman–Crippen MR) is 99.0 cm³/mol. The molecular weight excluding hydrogens is 312 g/mol. The molecule has 0 aliphatic heterocycles. The molecule has 25 heavy (non-hydrogen) atoms. The van der Waals surface area contributed by atoms with Gasteiger partial charge < -0.3 is 5.32 Å². The van der Waals surface area contributed by atoms with E-state index in [9.17, 15) is 4.79 Å². The first-order chi connectivity index (χ1) is 12.0. The maximum atomic E-state index is 12.1. The number of benzene rings is 1. The third kappa shape index (κ3) is 4.32. The lowest BCUT2D eigenvalue weighted by atomic mass is 10.1. The largest absolute Gasteiger partial charge is 0.311 e. The van der Waals surface area contributed by atoms with Gasteiger partial charge in [-0.25, -0.2) is 9.67 Å². The molecule has 0 spiro atoms. The van der Waals surface area contributed by atoms with Gasteiger partial charge in [-0.1, -0.05) is 12.1 Å². The van der Waals surface area contributed by atoms with E-state index >= 15 is 0 Å². The van der Waals surface area contributed by atoms with Gasteiger partial charge >= 0.3 is 0 Å². The monoisotopic (exact) mass is 334 g/mol. The Morgan fingerprint density at radius 2 is 1.84 bits per heavy atom. The number of hydrogen-bond donors (Lipinski definition) is 1. The Bertz CT molecular complexity index is 881. The van der Waals surface area contributed by atoms with Crippen LogP contribution < -0.4 is 5.32 Å². The number of aryl methyl sites for hydroxylation is 4. The number of anilines is 1. The lowest BCUT2D eigenvalue weighted by Gasteiger charge is -2.07. The number of carbonyl (C=O) groups excluding carboxylic acids is 1. The van der Waals surface area contributed by atoms with Crippen LogP contribution >= 0.6 is 0 Å². The van der Waals surface area contributed by atoms with E-state index in [0.29, 0.717) is 18.7 Å². The summed E-state index contributed by atoms with van der Waals surface area (Å²) in [5, 5.41) is 7.32. The Hall–Kier alpha value is -2.95. The molecule has 0 saturated carbocycles. The second-order valence-electron chi connectivity index (χ2n) is 6.27. The van der Waals surface area contributed by atoms with E-state index in [1.54, 1.807) is 6.20 Å². The van der Waals surface area contributed by atoms with Crippen LogP contribution in [0.15, 0.2) is 48.7 Å². The van der Waals surface area contributed by atoms with Gasteiger partial charge in [0.2, 0.25) is 5.91 Å². The van der Waals surface area contributed by atoms with Crippen LogP contribution in [0.5, 0.6) is 0 Å². The van der Waals surface area contributed by atoms with E-state index < -0.39 is 0 Å². The van der Waals surface area contributed by atoms with Crippen LogP contribution in [0.1, 0.15) is 28.9 Å². The molecule has 0 unspecified atom stereocenters. The standard InChI is InChI=1S/C20H22N4O/c1-14-10-11-21-19(12-14)22-20(25)9-6-17-4-7-18(8-5-17)24-16(3)13-15(2)23-24/h4-5,7-8,10-13H,6,9H2,1-3H3,(H,21,22,25). The first-order valence-corrected chi connectivity index (χ1v) is 8.36. The molecule has 0 fully saturated rings. The molecule has 0 aliphatic carbocycles. The van der Waals surface area contributed by atoms with Gasteiger partial charge in [0, 0.05) is 18.3 Å². The fourth-order valence-electron chi connectivity index (χ4n) is 2.76. The molecule has 0 bridgehead atoms. The van der Waals surface area contributed by atoms with Crippen molar-refractivity contribution in [3.63, 3.8) is 0 Å². The molecule has 2 heterocycles. The Morgan fingerprint density at radius 3 is 2.48 bits per heavy atom. The van der Waals surface area contributed by atoms with Gasteiger partial charge in [0.05, 0.1) is 11.4 Å². The fourth-order valence-corrected chi connectivity index (χ4v) is 2.76. The van der Waals surface area contributed by atoms with Crippen molar-refractivity contribution < 1.29 is 4.79 Å². The van der Waals surface area contributed by atoms with Crippen molar-refractivity contribution in [3.05, 3.63) is 71.2 Å². The summed E-state index contributed by atoms with van der Waals surface area (Å²) >= 11 is 0. The molecule has 128 valence electrons. The molecule has 0 aliphatic rings. The van der Waals surface area contributed by atoms with Crippen molar-refractivity contribution in [1.29, 1.82) is 0 Å². The second-order valence-corrected chi connectivity index (χ2v) is 6.27. The minimum atomic E-state index is -0.0271. The Morgan fingerprint density at radius 1 is 1.08 bits per heavy atom. The highest BCUT2D eigenvalue weighted by Crippen LogP contribution is 2.14. The maximum absolute atomic E-state index is 12.1. The van der Waals surface area contributed by atoms with Gasteiger partial charge in [0.15, 0.2) is 0 Å². The van der Waals surface area contributed by atoms with Crippen LogP contribution in [0.2, 0.25) is 0 Å². The molecule has 2 aromatic heterocycles. The molecular formula is C20H22N4O. The normalized spacial score (nSPS) is 10.7. The molecule has 0 radical (unpaired) electrons. The average Bonchev–Trinajstić information content (AvgIpc) is 2.92. The van der Waals surface area contributed by atoms with Crippen LogP contribution in [0, 0.1) is 20.8 Å². The number of amides is 1. The summed E-state index contributed by atoms with van der Waals surface area (Å²) in [6, 6.07) is 14.0. The molecule has 0 saturated heterocycles. The highest BCUT2D eigenvalue weighted by molar-refractivity contribution is 5.89. The number of aromatic nitrogens is 3. The molecule has 1 amide bonds. The number of carbonyl (C=O) groups is 1. The SMILES string of the molecule is Cc1ccnc(NC(=O)CCc2ccc(-n3nc(C)cc3C)cc2)c1. The first kappa shape index (κ1) is 16.9. The van der Waals surface area contributed by atoms with E-state index in [-0.39, 0.29) is 5.91 Å². The zero-order valence-corrected chi connectivity index (χ0v) is 14.8. The number of nitrogens with one attached hydrogen (secondary N) is 1. The molecule has 5 nitrogen and oxygen atoms in total. The van der Waals surface area contributed by atoms with Gasteiger partial charge in [-0.05, 0) is 68.7 Å². The van der Waals surface area contributed by atoms with E-state index in [4.69, 9.17) is 0 Å². The fraction of sp³-hybridized carbons (Fsp3) is 0.250. The van der Waals surface area contributed by atoms with Gasteiger partial charge in [0.1, 0.15) is 5.82 Å². The summed E-state index contributed by atoms with van der Waals surface area (Å²) in [4.78, 5) is 16.2. The molecule has 1 N–H and O–H groups in total. The van der Waals surface area contributed by atoms with Gasteiger partial charge in [-0.2, -0.15) is 5.10 Å². The Labute approximate surface area is 147 Å². The number of nitrogens with zero attached hydrogens (tertiary/aromatic N) is 3. The molecule has 1 aromatic carbocycles. The predicted octanol–water partition coefficient (Wildman–Crippen LogP) is 3.76. The van der Waals surface area contributed by atoms with Crippen LogP contribution in [-0.4, -0.2) is 20.7 Å². The summed E-state index contributed by atoms with van der Waals surface area (Å²) < 4.78 is 1.93. The Kier molecular flexibility index (Phi) is 4.93. The Balaban J connectivity index is 1.58. The molecule has 3 rings (SSSR count). The third-order valence-electron chi connectivity index (χ3n) is 4.01. The zero-order chi connectivity index (χ0) is 17.8. The van der Waals surface area contributed by atoms with Crippen molar-refractivity contribution in [2.75, 3.05) is 5.32 Å². The highest BCUT2D eigenvalue weighted by atomic mass is 16.1. The third-order valence-corrected chi connectivity index (χ3v) is 4.01. The summed E-state index contributed by atoms with van der Waals surface area (Å²) in [6.07, 6.45) is 2.81. The van der Waals surface area contributed by atoms with Gasteiger partial charge in [-0.3, -0.25) is 4.79 Å². The van der Waals surface area contributed by atoms with Crippen molar-refractivity contribution >= 4 is 11.7 Å².